The summed E-state index contributed by atoms with van der Waals surface area (Å²) in [6.07, 6.45) is 8.08. The van der Waals surface area contributed by atoms with Crippen molar-refractivity contribution < 1.29 is 0 Å². The molecule has 0 heterocycles. The number of hydrogen-bond acceptors (Lipinski definition) is 2. The molecule has 0 bridgehead atoms. The molecule has 72 valence electrons. The van der Waals surface area contributed by atoms with Gasteiger partial charge in [-0.3, -0.25) is 0 Å². The topological polar surface area (TPSA) is 52.0 Å². The highest BCUT2D eigenvalue weighted by Gasteiger charge is 2.18. The van der Waals surface area contributed by atoms with Gasteiger partial charge >= 0.3 is 0 Å². The van der Waals surface area contributed by atoms with Gasteiger partial charge in [-0.1, -0.05) is 42.5 Å². The molecule has 2 rings (SSSR count). The van der Waals surface area contributed by atoms with Gasteiger partial charge in [0.15, 0.2) is 0 Å². The van der Waals surface area contributed by atoms with Crippen LogP contribution in [0.2, 0.25) is 0 Å². The average molecular weight is 186 g/mol. The molecule has 2 nitrogen and oxygen atoms in total. The van der Waals surface area contributed by atoms with Gasteiger partial charge in [0.2, 0.25) is 0 Å². The highest BCUT2D eigenvalue weighted by Crippen LogP contribution is 2.27. The number of hydrogen-bond donors (Lipinski definition) is 2. The van der Waals surface area contributed by atoms with E-state index >= 15 is 0 Å². The molecule has 0 fully saturated rings. The lowest BCUT2D eigenvalue weighted by molar-refractivity contribution is 0.715. The molecule has 1 aromatic rings. The summed E-state index contributed by atoms with van der Waals surface area (Å²) in [6.45, 7) is 0. The molecular formula is C12H14N2. The Kier molecular flexibility index (Phi) is 2.37. The van der Waals surface area contributed by atoms with Crippen LogP contribution < -0.4 is 11.5 Å². The fraction of sp³-hybridized carbons (Fsp3) is 0.167. The highest BCUT2D eigenvalue weighted by molar-refractivity contribution is 5.51. The molecule has 0 amide bonds. The summed E-state index contributed by atoms with van der Waals surface area (Å²) in [6, 6.07) is 7.90. The molecule has 0 spiro atoms. The molecule has 1 aromatic carbocycles. The van der Waals surface area contributed by atoms with E-state index in [1.54, 1.807) is 0 Å². The summed E-state index contributed by atoms with van der Waals surface area (Å²) >= 11 is 0. The van der Waals surface area contributed by atoms with Crippen molar-refractivity contribution in [3.05, 3.63) is 54.1 Å². The SMILES string of the molecule is Nc1ccccc1C1C=CC=CC1N. The predicted octanol–water partition coefficient (Wildman–Crippen LogP) is 1.81. The van der Waals surface area contributed by atoms with Crippen LogP contribution in [0.3, 0.4) is 0 Å². The van der Waals surface area contributed by atoms with E-state index in [1.807, 2.05) is 42.5 Å². The number of benzene rings is 1. The Bertz CT molecular complexity index is 380. The zero-order chi connectivity index (χ0) is 9.97. The van der Waals surface area contributed by atoms with Crippen LogP contribution in [-0.2, 0) is 0 Å². The monoisotopic (exact) mass is 186 g/mol. The summed E-state index contributed by atoms with van der Waals surface area (Å²) in [5.41, 5.74) is 13.8. The van der Waals surface area contributed by atoms with Gasteiger partial charge in [-0.15, -0.1) is 0 Å². The van der Waals surface area contributed by atoms with Gasteiger partial charge in [0.25, 0.3) is 0 Å². The fourth-order valence-corrected chi connectivity index (χ4v) is 1.75. The van der Waals surface area contributed by atoms with Gasteiger partial charge in [0.05, 0.1) is 0 Å². The van der Waals surface area contributed by atoms with Crippen LogP contribution in [-0.4, -0.2) is 6.04 Å². The third kappa shape index (κ3) is 1.56. The van der Waals surface area contributed by atoms with E-state index < -0.39 is 0 Å². The Morgan fingerprint density at radius 3 is 2.43 bits per heavy atom. The van der Waals surface area contributed by atoms with Crippen molar-refractivity contribution >= 4 is 5.69 Å². The van der Waals surface area contributed by atoms with E-state index in [0.29, 0.717) is 0 Å². The molecule has 0 aliphatic heterocycles. The first kappa shape index (κ1) is 9.03. The Balaban J connectivity index is 2.36. The summed E-state index contributed by atoms with van der Waals surface area (Å²) in [7, 11) is 0. The molecule has 1 aliphatic rings. The second kappa shape index (κ2) is 3.68. The van der Waals surface area contributed by atoms with Gasteiger partial charge in [-0.05, 0) is 11.6 Å². The third-order valence-electron chi connectivity index (χ3n) is 2.53. The van der Waals surface area contributed by atoms with E-state index in [4.69, 9.17) is 11.5 Å². The van der Waals surface area contributed by atoms with E-state index in [2.05, 4.69) is 6.08 Å². The van der Waals surface area contributed by atoms with Crippen LogP contribution in [0.1, 0.15) is 11.5 Å². The number of rotatable bonds is 1. The van der Waals surface area contributed by atoms with Gasteiger partial charge in [-0.25, -0.2) is 0 Å². The van der Waals surface area contributed by atoms with Crippen molar-refractivity contribution in [2.75, 3.05) is 5.73 Å². The number of nitrogens with two attached hydrogens (primary N) is 2. The molecule has 2 atom stereocenters. The van der Waals surface area contributed by atoms with Crippen molar-refractivity contribution in [2.45, 2.75) is 12.0 Å². The normalized spacial score (nSPS) is 25.2. The first-order valence-electron chi connectivity index (χ1n) is 4.74. The largest absolute Gasteiger partial charge is 0.398 e. The number of allylic oxidation sites excluding steroid dienone is 2. The van der Waals surface area contributed by atoms with E-state index in [1.165, 1.54) is 0 Å². The van der Waals surface area contributed by atoms with Gasteiger partial charge in [0.1, 0.15) is 0 Å². The standard InChI is InChI=1S/C12H14N2/c13-11-7-3-1-5-9(11)10-6-2-4-8-12(10)14/h1-9,11H,13-14H2. The lowest BCUT2D eigenvalue weighted by atomic mass is 9.88. The fourth-order valence-electron chi connectivity index (χ4n) is 1.75. The zero-order valence-electron chi connectivity index (χ0n) is 7.93. The molecule has 2 heteroatoms. The quantitative estimate of drug-likeness (QED) is 0.657. The molecule has 0 saturated carbocycles. The number of para-hydroxylation sites is 1. The Hall–Kier alpha value is -1.54. The lowest BCUT2D eigenvalue weighted by Crippen LogP contribution is -2.26. The zero-order valence-corrected chi connectivity index (χ0v) is 7.93. The van der Waals surface area contributed by atoms with Gasteiger partial charge < -0.3 is 11.5 Å². The Morgan fingerprint density at radius 2 is 1.71 bits per heavy atom. The van der Waals surface area contributed by atoms with Crippen molar-refractivity contribution in [3.63, 3.8) is 0 Å². The van der Waals surface area contributed by atoms with Crippen molar-refractivity contribution in [3.8, 4) is 0 Å². The van der Waals surface area contributed by atoms with Crippen LogP contribution in [0.5, 0.6) is 0 Å². The van der Waals surface area contributed by atoms with E-state index in [0.717, 1.165) is 11.3 Å². The summed E-state index contributed by atoms with van der Waals surface area (Å²) < 4.78 is 0. The van der Waals surface area contributed by atoms with E-state index in [9.17, 15) is 0 Å². The van der Waals surface area contributed by atoms with Gasteiger partial charge in [0, 0.05) is 17.6 Å². The first-order valence-corrected chi connectivity index (χ1v) is 4.74. The Labute approximate surface area is 83.9 Å². The highest BCUT2D eigenvalue weighted by atomic mass is 14.7. The van der Waals surface area contributed by atoms with Crippen LogP contribution in [0.25, 0.3) is 0 Å². The molecule has 14 heavy (non-hydrogen) atoms. The van der Waals surface area contributed by atoms with Crippen LogP contribution >= 0.6 is 0 Å². The minimum absolute atomic E-state index is 0.0321. The predicted molar refractivity (Wildman–Crippen MR) is 59.9 cm³/mol. The number of nitrogen functional groups attached to an aromatic ring is 1. The lowest BCUT2D eigenvalue weighted by Gasteiger charge is -2.21. The summed E-state index contributed by atoms with van der Waals surface area (Å²) in [4.78, 5) is 0. The smallest absolute Gasteiger partial charge is 0.0353 e. The maximum atomic E-state index is 5.99. The van der Waals surface area contributed by atoms with Gasteiger partial charge in [-0.2, -0.15) is 0 Å². The second-order valence-electron chi connectivity index (χ2n) is 3.50. The molecule has 0 radical (unpaired) electrons. The molecule has 0 aromatic heterocycles. The molecule has 4 N–H and O–H groups in total. The van der Waals surface area contributed by atoms with Crippen LogP contribution in [0, 0.1) is 0 Å². The van der Waals surface area contributed by atoms with Crippen molar-refractivity contribution in [1.82, 2.24) is 0 Å². The Morgan fingerprint density at radius 1 is 1.00 bits per heavy atom. The van der Waals surface area contributed by atoms with Crippen molar-refractivity contribution in [1.29, 1.82) is 0 Å². The first-order chi connectivity index (χ1) is 6.79. The molecule has 2 unspecified atom stereocenters. The molecule has 0 saturated heterocycles. The average Bonchev–Trinajstić information content (AvgIpc) is 2.20. The summed E-state index contributed by atoms with van der Waals surface area (Å²) in [5.74, 6) is 0.209. The minimum Gasteiger partial charge on any atom is -0.398 e. The minimum atomic E-state index is 0.0321. The maximum Gasteiger partial charge on any atom is 0.0353 e. The van der Waals surface area contributed by atoms with E-state index in [-0.39, 0.29) is 12.0 Å². The van der Waals surface area contributed by atoms with Crippen LogP contribution in [0.15, 0.2) is 48.6 Å². The number of anilines is 1. The molecule has 1 aliphatic carbocycles. The second-order valence-corrected chi connectivity index (χ2v) is 3.50. The maximum absolute atomic E-state index is 5.99. The third-order valence-corrected chi connectivity index (χ3v) is 2.53. The van der Waals surface area contributed by atoms with Crippen LogP contribution in [0.4, 0.5) is 5.69 Å². The van der Waals surface area contributed by atoms with Crippen molar-refractivity contribution in [2.24, 2.45) is 5.73 Å². The molecular weight excluding hydrogens is 172 g/mol. The summed E-state index contributed by atoms with van der Waals surface area (Å²) in [5, 5.41) is 0.